The molecule has 4 rings (SSSR count). The van der Waals surface area contributed by atoms with Crippen LogP contribution in [0.2, 0.25) is 5.02 Å². The number of benzene rings is 1. The third-order valence-corrected chi connectivity index (χ3v) is 6.62. The molecule has 35 heavy (non-hydrogen) atoms. The van der Waals surface area contributed by atoms with E-state index in [0.717, 1.165) is 42.1 Å². The summed E-state index contributed by atoms with van der Waals surface area (Å²) < 4.78 is 12.8. The van der Waals surface area contributed by atoms with E-state index in [9.17, 15) is 9.90 Å². The standard InChI is InChI=1S/C25H31ClN4O4.BrH/c1-25(2,3)30(24(31)32)14-16-6-8-28(13-16)17-7-9-29-15-20(27-23(29)10-17)18-11-19(26)22(34-5)12-21(18)33-4;/h7,9-12,15-16H,6,8,13-14H2,1-5H3,(H,31,32);1H. The van der Waals surface area contributed by atoms with E-state index < -0.39 is 11.6 Å². The van der Waals surface area contributed by atoms with E-state index in [1.807, 2.05) is 37.6 Å². The summed E-state index contributed by atoms with van der Waals surface area (Å²) in [6, 6.07) is 7.69. The van der Waals surface area contributed by atoms with E-state index in [4.69, 9.17) is 26.1 Å². The minimum atomic E-state index is -0.869. The van der Waals surface area contributed by atoms with Gasteiger partial charge in [0.15, 0.2) is 0 Å². The van der Waals surface area contributed by atoms with Crippen molar-refractivity contribution >= 4 is 46.0 Å². The Bertz CT molecular complexity index is 1210. The van der Waals surface area contributed by atoms with Crippen LogP contribution in [0.15, 0.2) is 36.7 Å². The largest absolute Gasteiger partial charge is 0.496 e. The second kappa shape index (κ2) is 10.5. The molecule has 1 amide bonds. The van der Waals surface area contributed by atoms with Crippen molar-refractivity contribution in [3.8, 4) is 22.8 Å². The molecular weight excluding hydrogens is 536 g/mol. The Hall–Kier alpha value is -2.65. The zero-order valence-corrected chi connectivity index (χ0v) is 23.1. The molecule has 0 saturated carbocycles. The first-order valence-corrected chi connectivity index (χ1v) is 11.6. The van der Waals surface area contributed by atoms with Gasteiger partial charge in [-0.15, -0.1) is 17.0 Å². The van der Waals surface area contributed by atoms with Crippen molar-refractivity contribution in [3.05, 3.63) is 41.7 Å². The number of pyridine rings is 1. The number of carboxylic acid groups (broad SMARTS) is 1. The van der Waals surface area contributed by atoms with Gasteiger partial charge in [-0.2, -0.15) is 0 Å². The maximum Gasteiger partial charge on any atom is 0.407 e. The topological polar surface area (TPSA) is 79.5 Å². The Labute approximate surface area is 221 Å². The van der Waals surface area contributed by atoms with Crippen LogP contribution < -0.4 is 14.4 Å². The zero-order chi connectivity index (χ0) is 24.6. The number of fused-ring (bicyclic) bond motifs is 1. The average molecular weight is 568 g/mol. The lowest BCUT2D eigenvalue weighted by Crippen LogP contribution is -2.47. The van der Waals surface area contributed by atoms with E-state index in [1.165, 1.54) is 0 Å². The number of methoxy groups -OCH3 is 2. The molecule has 0 spiro atoms. The van der Waals surface area contributed by atoms with E-state index in [0.29, 0.717) is 23.1 Å². The monoisotopic (exact) mass is 566 g/mol. The van der Waals surface area contributed by atoms with Gasteiger partial charge in [0, 0.05) is 61.0 Å². The fraction of sp³-hybridized carbons (Fsp3) is 0.440. The molecule has 0 bridgehead atoms. The molecule has 3 aromatic rings. The van der Waals surface area contributed by atoms with Crippen LogP contribution in [0.5, 0.6) is 11.5 Å². The molecule has 1 atom stereocenters. The second-order valence-corrected chi connectivity index (χ2v) is 10.0. The summed E-state index contributed by atoms with van der Waals surface area (Å²) in [5.41, 5.74) is 3.00. The van der Waals surface area contributed by atoms with Gasteiger partial charge in [0.1, 0.15) is 17.1 Å². The first kappa shape index (κ1) is 26.9. The highest BCUT2D eigenvalue weighted by Crippen LogP contribution is 2.38. The SMILES string of the molecule is Br.COc1cc(OC)c(-c2cn3ccc(N4CCC(CN(C(=O)O)C(C)(C)C)C4)cc3n2)cc1Cl. The number of aromatic nitrogens is 2. The number of ether oxygens (including phenoxy) is 2. The highest BCUT2D eigenvalue weighted by molar-refractivity contribution is 8.93. The Kier molecular flexibility index (Phi) is 8.11. The molecule has 0 aliphatic carbocycles. The van der Waals surface area contributed by atoms with Crippen molar-refractivity contribution in [3.63, 3.8) is 0 Å². The molecule has 10 heteroatoms. The van der Waals surface area contributed by atoms with Crippen LogP contribution in [0, 0.1) is 5.92 Å². The summed E-state index contributed by atoms with van der Waals surface area (Å²) in [5.74, 6) is 1.46. The molecule has 2 aromatic heterocycles. The molecule has 0 radical (unpaired) electrons. The van der Waals surface area contributed by atoms with Crippen LogP contribution in [-0.4, -0.2) is 64.9 Å². The number of amides is 1. The number of hydrogen-bond donors (Lipinski definition) is 1. The first-order chi connectivity index (χ1) is 16.1. The van der Waals surface area contributed by atoms with Crippen molar-refractivity contribution in [2.45, 2.75) is 32.7 Å². The summed E-state index contributed by atoms with van der Waals surface area (Å²) >= 11 is 6.35. The summed E-state index contributed by atoms with van der Waals surface area (Å²) in [6.07, 6.45) is 4.02. The fourth-order valence-corrected chi connectivity index (χ4v) is 4.71. The minimum Gasteiger partial charge on any atom is -0.496 e. The van der Waals surface area contributed by atoms with Gasteiger partial charge in [0.25, 0.3) is 0 Å². The van der Waals surface area contributed by atoms with Crippen molar-refractivity contribution < 1.29 is 19.4 Å². The predicted molar refractivity (Wildman–Crippen MR) is 144 cm³/mol. The summed E-state index contributed by atoms with van der Waals surface area (Å²) in [7, 11) is 3.17. The number of hydrogen-bond acceptors (Lipinski definition) is 5. The van der Waals surface area contributed by atoms with Crippen LogP contribution in [0.25, 0.3) is 16.9 Å². The number of carbonyl (C=O) groups is 1. The van der Waals surface area contributed by atoms with Gasteiger partial charge in [-0.1, -0.05) is 11.6 Å². The van der Waals surface area contributed by atoms with Gasteiger partial charge in [-0.05, 0) is 45.2 Å². The summed E-state index contributed by atoms with van der Waals surface area (Å²) in [5, 5.41) is 10.1. The van der Waals surface area contributed by atoms with Gasteiger partial charge >= 0.3 is 6.09 Å². The highest BCUT2D eigenvalue weighted by Gasteiger charge is 2.32. The molecule has 1 aliphatic heterocycles. The van der Waals surface area contributed by atoms with Gasteiger partial charge in [-0.3, -0.25) is 0 Å². The summed E-state index contributed by atoms with van der Waals surface area (Å²) in [6.45, 7) is 8.02. The number of anilines is 1. The molecule has 1 aromatic carbocycles. The normalized spacial score (nSPS) is 15.7. The molecule has 1 fully saturated rings. The third kappa shape index (κ3) is 5.62. The van der Waals surface area contributed by atoms with Crippen LogP contribution in [-0.2, 0) is 0 Å². The molecule has 1 N–H and O–H groups in total. The van der Waals surface area contributed by atoms with Crippen molar-refractivity contribution in [2.24, 2.45) is 5.92 Å². The highest BCUT2D eigenvalue weighted by atomic mass is 79.9. The minimum absolute atomic E-state index is 0. The first-order valence-electron chi connectivity index (χ1n) is 11.3. The second-order valence-electron chi connectivity index (χ2n) is 9.63. The molecule has 8 nitrogen and oxygen atoms in total. The van der Waals surface area contributed by atoms with E-state index in [-0.39, 0.29) is 22.9 Å². The van der Waals surface area contributed by atoms with Crippen molar-refractivity contribution in [1.29, 1.82) is 0 Å². The Morgan fingerprint density at radius 1 is 1.23 bits per heavy atom. The molecule has 1 unspecified atom stereocenters. The fourth-order valence-electron chi connectivity index (χ4n) is 4.47. The zero-order valence-electron chi connectivity index (χ0n) is 20.6. The summed E-state index contributed by atoms with van der Waals surface area (Å²) in [4.78, 5) is 20.4. The van der Waals surface area contributed by atoms with Gasteiger partial charge < -0.3 is 28.8 Å². The predicted octanol–water partition coefficient (Wildman–Crippen LogP) is 5.85. The van der Waals surface area contributed by atoms with Gasteiger partial charge in [-0.25, -0.2) is 9.78 Å². The molecule has 1 saturated heterocycles. The Morgan fingerprint density at radius 3 is 2.57 bits per heavy atom. The Morgan fingerprint density at radius 2 is 1.94 bits per heavy atom. The third-order valence-electron chi connectivity index (χ3n) is 6.33. The molecule has 190 valence electrons. The number of rotatable bonds is 6. The quantitative estimate of drug-likeness (QED) is 0.402. The molecular formula is C25H32BrClN4O4. The average Bonchev–Trinajstić information content (AvgIpc) is 3.42. The van der Waals surface area contributed by atoms with Crippen molar-refractivity contribution in [2.75, 3.05) is 38.8 Å². The lowest BCUT2D eigenvalue weighted by molar-refractivity contribution is 0.0908. The molecule has 1 aliphatic rings. The number of nitrogens with zero attached hydrogens (tertiary/aromatic N) is 4. The van der Waals surface area contributed by atoms with Gasteiger partial charge in [0.2, 0.25) is 0 Å². The van der Waals surface area contributed by atoms with Crippen LogP contribution in [0.1, 0.15) is 27.2 Å². The van der Waals surface area contributed by atoms with Crippen LogP contribution >= 0.6 is 28.6 Å². The molecule has 3 heterocycles. The van der Waals surface area contributed by atoms with E-state index >= 15 is 0 Å². The maximum absolute atomic E-state index is 11.7. The van der Waals surface area contributed by atoms with Gasteiger partial charge in [0.05, 0.1) is 24.9 Å². The van der Waals surface area contributed by atoms with Crippen molar-refractivity contribution in [1.82, 2.24) is 14.3 Å². The van der Waals surface area contributed by atoms with E-state index in [1.54, 1.807) is 31.3 Å². The smallest absolute Gasteiger partial charge is 0.407 e. The maximum atomic E-state index is 11.7. The lowest BCUT2D eigenvalue weighted by atomic mass is 10.0. The van der Waals surface area contributed by atoms with Crippen LogP contribution in [0.3, 0.4) is 0 Å². The Balaban J connectivity index is 0.00000342. The lowest BCUT2D eigenvalue weighted by Gasteiger charge is -2.35. The van der Waals surface area contributed by atoms with E-state index in [2.05, 4.69) is 17.0 Å². The number of halogens is 2. The van der Waals surface area contributed by atoms with Crippen LogP contribution in [0.4, 0.5) is 10.5 Å². The number of imidazole rings is 1.